The molecule has 0 amide bonds. The first-order valence-electron chi connectivity index (χ1n) is 3.53. The van der Waals surface area contributed by atoms with Crippen LogP contribution in [0.4, 0.5) is 0 Å². The van der Waals surface area contributed by atoms with Crippen LogP contribution in [-0.2, 0) is 0 Å². The molecule has 0 N–H and O–H groups in total. The topological polar surface area (TPSA) is 15.6 Å². The highest BCUT2D eigenvalue weighted by molar-refractivity contribution is 8.14. The Balaban J connectivity index is 2.58. The van der Waals surface area contributed by atoms with Gasteiger partial charge in [-0.05, 0) is 6.92 Å². The summed E-state index contributed by atoms with van der Waals surface area (Å²) in [6, 6.07) is 0.488. The molecule has 1 rings (SSSR count). The number of hydrogen-bond acceptors (Lipinski definition) is 3. The summed E-state index contributed by atoms with van der Waals surface area (Å²) in [6.45, 7) is 4.38. The Labute approximate surface area is 66.7 Å². The van der Waals surface area contributed by atoms with Gasteiger partial charge in [-0.2, -0.15) is 0 Å². The van der Waals surface area contributed by atoms with Gasteiger partial charge in [0.05, 0.1) is 6.04 Å². The lowest BCUT2D eigenvalue weighted by atomic mass is 10.3. The van der Waals surface area contributed by atoms with Crippen molar-refractivity contribution in [2.75, 3.05) is 14.1 Å². The Morgan fingerprint density at radius 3 is 2.20 bits per heavy atom. The van der Waals surface area contributed by atoms with Gasteiger partial charge in [0.15, 0.2) is 5.17 Å². The molecule has 10 heavy (non-hydrogen) atoms. The van der Waals surface area contributed by atoms with E-state index < -0.39 is 0 Å². The van der Waals surface area contributed by atoms with Crippen molar-refractivity contribution in [2.24, 2.45) is 4.99 Å². The molecular weight excluding hydrogens is 144 g/mol. The highest BCUT2D eigenvalue weighted by Gasteiger charge is 2.23. The van der Waals surface area contributed by atoms with Gasteiger partial charge in [0, 0.05) is 19.3 Å². The molecule has 0 fully saturated rings. The molecule has 0 spiro atoms. The van der Waals surface area contributed by atoms with E-state index in [0.717, 1.165) is 0 Å². The van der Waals surface area contributed by atoms with Gasteiger partial charge in [0.1, 0.15) is 0 Å². The van der Waals surface area contributed by atoms with Crippen molar-refractivity contribution in [1.29, 1.82) is 0 Å². The van der Waals surface area contributed by atoms with Crippen molar-refractivity contribution in [2.45, 2.75) is 25.1 Å². The Morgan fingerprint density at radius 2 is 2.00 bits per heavy atom. The van der Waals surface area contributed by atoms with Crippen molar-refractivity contribution < 1.29 is 0 Å². The second-order valence-corrected chi connectivity index (χ2v) is 4.21. The van der Waals surface area contributed by atoms with Crippen molar-refractivity contribution in [1.82, 2.24) is 4.90 Å². The molecule has 0 aliphatic carbocycles. The molecule has 0 aromatic carbocycles. The van der Waals surface area contributed by atoms with Crippen LogP contribution in [0.5, 0.6) is 0 Å². The van der Waals surface area contributed by atoms with Gasteiger partial charge in [0.2, 0.25) is 0 Å². The smallest absolute Gasteiger partial charge is 0.159 e. The monoisotopic (exact) mass is 158 g/mol. The number of nitrogens with zero attached hydrogens (tertiary/aromatic N) is 2. The van der Waals surface area contributed by atoms with Crippen LogP contribution in [0.25, 0.3) is 0 Å². The zero-order chi connectivity index (χ0) is 7.72. The van der Waals surface area contributed by atoms with E-state index in [1.54, 1.807) is 0 Å². The normalized spacial score (nSPS) is 32.2. The van der Waals surface area contributed by atoms with Crippen LogP contribution in [0.15, 0.2) is 4.99 Å². The lowest BCUT2D eigenvalue weighted by molar-refractivity contribution is 0.627. The minimum Gasteiger partial charge on any atom is -0.358 e. The zero-order valence-electron chi connectivity index (χ0n) is 6.96. The average molecular weight is 158 g/mol. The van der Waals surface area contributed by atoms with Gasteiger partial charge in [-0.1, -0.05) is 18.7 Å². The quantitative estimate of drug-likeness (QED) is 0.530. The predicted octanol–water partition coefficient (Wildman–Crippen LogP) is 1.43. The third-order valence-electron chi connectivity index (χ3n) is 1.67. The van der Waals surface area contributed by atoms with Gasteiger partial charge >= 0.3 is 0 Å². The van der Waals surface area contributed by atoms with E-state index in [2.05, 4.69) is 23.7 Å². The Morgan fingerprint density at radius 1 is 1.40 bits per heavy atom. The molecule has 0 bridgehead atoms. The summed E-state index contributed by atoms with van der Waals surface area (Å²) in [5.74, 6) is 0. The summed E-state index contributed by atoms with van der Waals surface area (Å²) in [5, 5.41) is 1.82. The van der Waals surface area contributed by atoms with E-state index in [9.17, 15) is 0 Å². The molecule has 0 radical (unpaired) electrons. The fourth-order valence-corrected chi connectivity index (χ4v) is 1.82. The average Bonchev–Trinajstić information content (AvgIpc) is 2.13. The van der Waals surface area contributed by atoms with E-state index >= 15 is 0 Å². The predicted molar refractivity (Wildman–Crippen MR) is 47.6 cm³/mol. The van der Waals surface area contributed by atoms with Gasteiger partial charge in [-0.3, -0.25) is 4.99 Å². The fraction of sp³-hybridized carbons (Fsp3) is 0.857. The number of thioether (sulfide) groups is 1. The van der Waals surface area contributed by atoms with Gasteiger partial charge in [-0.25, -0.2) is 0 Å². The largest absolute Gasteiger partial charge is 0.358 e. The molecule has 0 saturated heterocycles. The first-order valence-corrected chi connectivity index (χ1v) is 4.41. The summed E-state index contributed by atoms with van der Waals surface area (Å²) in [5.41, 5.74) is 0. The summed E-state index contributed by atoms with van der Waals surface area (Å²) in [4.78, 5) is 6.55. The molecule has 2 nitrogen and oxygen atoms in total. The Hall–Kier alpha value is -0.180. The molecular formula is C7H14N2S. The van der Waals surface area contributed by atoms with Gasteiger partial charge < -0.3 is 4.90 Å². The maximum Gasteiger partial charge on any atom is 0.159 e. The van der Waals surface area contributed by atoms with Crippen LogP contribution >= 0.6 is 11.8 Å². The van der Waals surface area contributed by atoms with E-state index in [4.69, 9.17) is 0 Å². The summed E-state index contributed by atoms with van der Waals surface area (Å²) in [7, 11) is 4.08. The number of hydrogen-bond donors (Lipinski definition) is 0. The molecule has 0 saturated carbocycles. The molecule has 2 atom stereocenters. The van der Waals surface area contributed by atoms with Crippen LogP contribution < -0.4 is 0 Å². The lowest BCUT2D eigenvalue weighted by Gasteiger charge is -2.10. The second-order valence-electron chi connectivity index (χ2n) is 2.87. The highest BCUT2D eigenvalue weighted by Crippen LogP contribution is 2.26. The standard InChI is InChI=1S/C7H14N2S/c1-5-6(2)10-7(8-5)9(3)4/h5-6H,1-4H3/t5-,6+/m1/s1. The third kappa shape index (κ3) is 1.45. The number of rotatable bonds is 0. The van der Waals surface area contributed by atoms with Crippen molar-refractivity contribution >= 4 is 16.9 Å². The van der Waals surface area contributed by atoms with E-state index in [1.807, 2.05) is 25.9 Å². The van der Waals surface area contributed by atoms with Gasteiger partial charge in [-0.15, -0.1) is 0 Å². The lowest BCUT2D eigenvalue weighted by Crippen LogP contribution is -2.16. The first kappa shape index (κ1) is 7.92. The van der Waals surface area contributed by atoms with Crippen LogP contribution in [0.2, 0.25) is 0 Å². The summed E-state index contributed by atoms with van der Waals surface area (Å²) < 4.78 is 0. The summed E-state index contributed by atoms with van der Waals surface area (Å²) in [6.07, 6.45) is 0. The number of aliphatic imine (C=N–C) groups is 1. The molecule has 1 aliphatic rings. The Bertz CT molecular complexity index is 154. The minimum absolute atomic E-state index is 0.488. The molecule has 1 aliphatic heterocycles. The van der Waals surface area contributed by atoms with Gasteiger partial charge in [0.25, 0.3) is 0 Å². The maximum absolute atomic E-state index is 4.47. The molecule has 1 heterocycles. The SMILES string of the molecule is C[C@@H]1SC(N(C)C)=N[C@@H]1C. The Kier molecular flexibility index (Phi) is 2.24. The zero-order valence-corrected chi connectivity index (χ0v) is 7.77. The minimum atomic E-state index is 0.488. The van der Waals surface area contributed by atoms with Crippen LogP contribution in [0.3, 0.4) is 0 Å². The molecule has 0 aromatic rings. The van der Waals surface area contributed by atoms with Crippen LogP contribution in [0, 0.1) is 0 Å². The molecule has 3 heteroatoms. The van der Waals surface area contributed by atoms with E-state index in [0.29, 0.717) is 11.3 Å². The van der Waals surface area contributed by atoms with E-state index in [1.165, 1.54) is 5.17 Å². The maximum atomic E-state index is 4.47. The first-order chi connectivity index (χ1) is 4.61. The highest BCUT2D eigenvalue weighted by atomic mass is 32.2. The van der Waals surface area contributed by atoms with Crippen LogP contribution in [-0.4, -0.2) is 35.5 Å². The van der Waals surface area contributed by atoms with Crippen molar-refractivity contribution in [3.63, 3.8) is 0 Å². The molecule has 0 aromatic heterocycles. The third-order valence-corrected chi connectivity index (χ3v) is 3.11. The van der Waals surface area contributed by atoms with Crippen LogP contribution in [0.1, 0.15) is 13.8 Å². The molecule has 0 unspecified atom stereocenters. The second kappa shape index (κ2) is 2.82. The number of amidine groups is 1. The van der Waals surface area contributed by atoms with Crippen molar-refractivity contribution in [3.05, 3.63) is 0 Å². The fourth-order valence-electron chi connectivity index (χ4n) is 0.795. The van der Waals surface area contributed by atoms with Crippen molar-refractivity contribution in [3.8, 4) is 0 Å². The van der Waals surface area contributed by atoms with E-state index in [-0.39, 0.29) is 0 Å². The summed E-state index contributed by atoms with van der Waals surface area (Å²) >= 11 is 1.86. The molecule has 58 valence electrons.